The molecule has 0 fully saturated rings. The Morgan fingerprint density at radius 2 is 2.00 bits per heavy atom. The van der Waals surface area contributed by atoms with Crippen molar-refractivity contribution in [3.63, 3.8) is 0 Å². The number of pyridine rings is 1. The molecule has 2 N–H and O–H groups in total. The predicted octanol–water partition coefficient (Wildman–Crippen LogP) is 2.95. The van der Waals surface area contributed by atoms with E-state index in [0.29, 0.717) is 0 Å². The molecule has 1 aromatic rings. The van der Waals surface area contributed by atoms with E-state index in [1.807, 2.05) is 13.2 Å². The third-order valence-electron chi connectivity index (χ3n) is 1.90. The van der Waals surface area contributed by atoms with Crippen LogP contribution in [0.1, 0.15) is 23.4 Å². The highest BCUT2D eigenvalue weighted by atomic mass is 32.2. The molecule has 1 atom stereocenters. The first-order chi connectivity index (χ1) is 7.86. The van der Waals surface area contributed by atoms with E-state index in [0.717, 1.165) is 11.6 Å². The maximum absolute atomic E-state index is 12.1. The fraction of sp³-hybridized carbons (Fsp3) is 0.400. The summed E-state index contributed by atoms with van der Waals surface area (Å²) in [6.45, 7) is 1.93. The second-order valence-corrected chi connectivity index (χ2v) is 4.16. The number of rotatable bonds is 2. The standard InChI is InChI=1S/C9H10F3NS.CH2N2/c1-6(14-2)7-3-4-8(13-5-7)9(10,11)12;2-1-3/h3-6H,1-2H3;2H2. The zero-order valence-electron chi connectivity index (χ0n) is 9.32. The minimum atomic E-state index is -4.35. The monoisotopic (exact) mass is 263 g/mol. The van der Waals surface area contributed by atoms with E-state index >= 15 is 0 Å². The summed E-state index contributed by atoms with van der Waals surface area (Å²) < 4.78 is 36.4. The van der Waals surface area contributed by atoms with Crippen LogP contribution in [0.25, 0.3) is 0 Å². The molecule has 7 heteroatoms. The van der Waals surface area contributed by atoms with E-state index in [4.69, 9.17) is 5.26 Å². The van der Waals surface area contributed by atoms with Gasteiger partial charge in [-0.1, -0.05) is 6.07 Å². The Hall–Kier alpha value is -1.42. The lowest BCUT2D eigenvalue weighted by molar-refractivity contribution is -0.141. The Morgan fingerprint density at radius 1 is 1.47 bits per heavy atom. The van der Waals surface area contributed by atoms with Crippen molar-refractivity contribution in [1.29, 1.82) is 5.26 Å². The quantitative estimate of drug-likeness (QED) is 0.658. The first-order valence-electron chi connectivity index (χ1n) is 4.52. The SMILES string of the molecule is CSC(C)c1ccc(C(F)(F)F)nc1.N#CN. The molecule has 1 unspecified atom stereocenters. The summed E-state index contributed by atoms with van der Waals surface area (Å²) in [7, 11) is 0. The van der Waals surface area contributed by atoms with Gasteiger partial charge in [-0.3, -0.25) is 4.98 Å². The molecule has 0 saturated carbocycles. The smallest absolute Gasteiger partial charge is 0.337 e. The van der Waals surface area contributed by atoms with Crippen molar-refractivity contribution < 1.29 is 13.2 Å². The minimum absolute atomic E-state index is 0.171. The summed E-state index contributed by atoms with van der Waals surface area (Å²) in [6.07, 6.45) is 0.0907. The van der Waals surface area contributed by atoms with Gasteiger partial charge in [0.2, 0.25) is 0 Å². The van der Waals surface area contributed by atoms with E-state index in [2.05, 4.69) is 10.7 Å². The average Bonchev–Trinajstić information content (AvgIpc) is 2.28. The van der Waals surface area contributed by atoms with Crippen LogP contribution in [0.15, 0.2) is 18.3 Å². The van der Waals surface area contributed by atoms with Crippen molar-refractivity contribution in [2.75, 3.05) is 6.26 Å². The highest BCUT2D eigenvalue weighted by molar-refractivity contribution is 7.98. The zero-order chi connectivity index (χ0) is 13.5. The number of thioether (sulfide) groups is 1. The number of hydrogen-bond donors (Lipinski definition) is 1. The van der Waals surface area contributed by atoms with E-state index in [9.17, 15) is 13.2 Å². The lowest BCUT2D eigenvalue weighted by atomic mass is 10.2. The van der Waals surface area contributed by atoms with Crippen molar-refractivity contribution in [3.8, 4) is 6.19 Å². The Balaban J connectivity index is 0.000000770. The maximum Gasteiger partial charge on any atom is 0.433 e. The summed E-state index contributed by atoms with van der Waals surface area (Å²) >= 11 is 1.57. The lowest BCUT2D eigenvalue weighted by Crippen LogP contribution is -2.07. The number of nitrogens with two attached hydrogens (primary N) is 1. The van der Waals surface area contributed by atoms with Gasteiger partial charge in [0, 0.05) is 11.4 Å². The summed E-state index contributed by atoms with van der Waals surface area (Å²) in [6, 6.07) is 2.49. The first kappa shape index (κ1) is 15.6. The molecule has 3 nitrogen and oxygen atoms in total. The molecule has 0 radical (unpaired) electrons. The molecule has 0 aliphatic heterocycles. The molecule has 0 aliphatic rings. The molecule has 1 rings (SSSR count). The van der Waals surface area contributed by atoms with Crippen LogP contribution in [-0.2, 0) is 6.18 Å². The van der Waals surface area contributed by atoms with Crippen molar-refractivity contribution in [1.82, 2.24) is 4.98 Å². The molecule has 1 aromatic heterocycles. The van der Waals surface area contributed by atoms with Gasteiger partial charge in [0.1, 0.15) is 5.69 Å². The first-order valence-corrected chi connectivity index (χ1v) is 5.81. The summed E-state index contributed by atoms with van der Waals surface area (Å²) in [5.41, 5.74) is 4.13. The van der Waals surface area contributed by atoms with Crippen LogP contribution in [0.4, 0.5) is 13.2 Å². The lowest BCUT2D eigenvalue weighted by Gasteiger charge is -2.09. The van der Waals surface area contributed by atoms with Gasteiger partial charge in [0.25, 0.3) is 0 Å². The van der Waals surface area contributed by atoms with Crippen LogP contribution in [0.5, 0.6) is 0 Å². The Morgan fingerprint density at radius 3 is 2.29 bits per heavy atom. The van der Waals surface area contributed by atoms with Crippen molar-refractivity contribution in [2.24, 2.45) is 5.73 Å². The Bertz CT molecular complexity index is 370. The van der Waals surface area contributed by atoms with E-state index < -0.39 is 11.9 Å². The largest absolute Gasteiger partial charge is 0.433 e. The van der Waals surface area contributed by atoms with Crippen LogP contribution in [0.3, 0.4) is 0 Å². The molecule has 0 aliphatic carbocycles. The number of nitrogens with zero attached hydrogens (tertiary/aromatic N) is 2. The summed E-state index contributed by atoms with van der Waals surface area (Å²) in [4.78, 5) is 3.38. The van der Waals surface area contributed by atoms with Gasteiger partial charge in [0.05, 0.1) is 0 Å². The van der Waals surface area contributed by atoms with E-state index in [1.165, 1.54) is 18.5 Å². The highest BCUT2D eigenvalue weighted by Crippen LogP contribution is 2.30. The molecule has 94 valence electrons. The third kappa shape index (κ3) is 5.45. The van der Waals surface area contributed by atoms with E-state index in [-0.39, 0.29) is 5.25 Å². The topological polar surface area (TPSA) is 62.7 Å². The number of aromatic nitrogens is 1. The van der Waals surface area contributed by atoms with Gasteiger partial charge in [-0.15, -0.1) is 0 Å². The Labute approximate surface area is 102 Å². The van der Waals surface area contributed by atoms with Crippen molar-refractivity contribution in [2.45, 2.75) is 18.3 Å². The highest BCUT2D eigenvalue weighted by Gasteiger charge is 2.32. The number of hydrogen-bond acceptors (Lipinski definition) is 4. The molecular weight excluding hydrogens is 251 g/mol. The van der Waals surface area contributed by atoms with Gasteiger partial charge >= 0.3 is 6.18 Å². The molecular formula is C10H12F3N3S. The van der Waals surface area contributed by atoms with Gasteiger partial charge in [-0.25, -0.2) is 0 Å². The van der Waals surface area contributed by atoms with Gasteiger partial charge < -0.3 is 5.73 Å². The van der Waals surface area contributed by atoms with Gasteiger partial charge in [0.15, 0.2) is 6.19 Å². The number of halogens is 3. The molecule has 0 aromatic carbocycles. The second kappa shape index (κ2) is 7.01. The molecule has 17 heavy (non-hydrogen) atoms. The normalized spacial score (nSPS) is 12.0. The molecule has 1 heterocycles. The van der Waals surface area contributed by atoms with Gasteiger partial charge in [-0.2, -0.15) is 30.2 Å². The fourth-order valence-electron chi connectivity index (χ4n) is 0.950. The van der Waals surface area contributed by atoms with Gasteiger partial charge in [-0.05, 0) is 24.8 Å². The van der Waals surface area contributed by atoms with Crippen LogP contribution >= 0.6 is 11.8 Å². The molecule has 0 amide bonds. The number of alkyl halides is 3. The fourth-order valence-corrected chi connectivity index (χ4v) is 1.36. The van der Waals surface area contributed by atoms with Crippen LogP contribution < -0.4 is 5.73 Å². The minimum Gasteiger partial charge on any atom is -0.337 e. The number of nitriles is 1. The average molecular weight is 263 g/mol. The van der Waals surface area contributed by atoms with E-state index in [1.54, 1.807) is 11.8 Å². The molecule has 0 spiro atoms. The summed E-state index contributed by atoms with van der Waals surface area (Å²) in [5.74, 6) is 0. The Kier molecular flexibility index (Phi) is 6.43. The third-order valence-corrected chi connectivity index (χ3v) is 2.88. The zero-order valence-corrected chi connectivity index (χ0v) is 10.1. The molecule has 0 saturated heterocycles. The summed E-state index contributed by atoms with van der Waals surface area (Å²) in [5, 5.41) is 7.27. The van der Waals surface area contributed by atoms with Crippen LogP contribution in [0.2, 0.25) is 0 Å². The van der Waals surface area contributed by atoms with Crippen LogP contribution in [0, 0.1) is 11.5 Å². The second-order valence-electron chi connectivity index (χ2n) is 2.98. The predicted molar refractivity (Wildman–Crippen MR) is 61.0 cm³/mol. The molecule has 0 bridgehead atoms. The maximum atomic E-state index is 12.1. The van der Waals surface area contributed by atoms with Crippen molar-refractivity contribution >= 4 is 11.8 Å². The van der Waals surface area contributed by atoms with Crippen molar-refractivity contribution in [3.05, 3.63) is 29.6 Å². The van der Waals surface area contributed by atoms with Crippen LogP contribution in [-0.4, -0.2) is 11.2 Å².